The largest absolute Gasteiger partial charge is 0.495 e. The molecule has 2 aromatic carbocycles. The average molecular weight is 440 g/mol. The monoisotopic (exact) mass is 439 g/mol. The minimum Gasteiger partial charge on any atom is -0.495 e. The van der Waals surface area contributed by atoms with Crippen molar-refractivity contribution >= 4 is 39.7 Å². The molecule has 1 aromatic heterocycles. The van der Waals surface area contributed by atoms with Gasteiger partial charge in [-0.25, -0.2) is 13.8 Å². The van der Waals surface area contributed by atoms with Crippen LogP contribution in [0.15, 0.2) is 30.3 Å². The summed E-state index contributed by atoms with van der Waals surface area (Å²) in [6.07, 6.45) is -0.103. The zero-order valence-corrected chi connectivity index (χ0v) is 17.0. The molecule has 3 N–H and O–H groups in total. The molecular weight excluding hydrogens is 424 g/mol. The Morgan fingerprint density at radius 3 is 2.52 bits per heavy atom. The summed E-state index contributed by atoms with van der Waals surface area (Å²) in [7, 11) is 2.97. The van der Waals surface area contributed by atoms with Crippen LogP contribution in [0.5, 0.6) is 11.5 Å². The number of anilines is 2. The van der Waals surface area contributed by atoms with Gasteiger partial charge in [0.25, 0.3) is 0 Å². The zero-order chi connectivity index (χ0) is 21.1. The van der Waals surface area contributed by atoms with Gasteiger partial charge >= 0.3 is 0 Å². The normalized spacial score (nSPS) is 10.7. The van der Waals surface area contributed by atoms with Gasteiger partial charge in [-0.1, -0.05) is 11.6 Å². The first-order chi connectivity index (χ1) is 13.8. The third-order valence-electron chi connectivity index (χ3n) is 3.94. The first-order valence-corrected chi connectivity index (χ1v) is 9.43. The molecule has 3 aromatic rings. The number of halogens is 3. The summed E-state index contributed by atoms with van der Waals surface area (Å²) in [6.45, 7) is 0. The fourth-order valence-electron chi connectivity index (χ4n) is 2.63. The smallest absolute Gasteiger partial charge is 0.222 e. The third-order valence-corrected chi connectivity index (χ3v) is 5.21. The molecule has 29 heavy (non-hydrogen) atoms. The molecular formula is C19H16ClF2N3O3S. The van der Waals surface area contributed by atoms with E-state index in [1.165, 1.54) is 20.3 Å². The highest BCUT2D eigenvalue weighted by atomic mass is 35.5. The number of nitrogens with two attached hydrogens (primary N) is 1. The van der Waals surface area contributed by atoms with Crippen molar-refractivity contribution in [2.45, 2.75) is 6.42 Å². The molecule has 0 spiro atoms. The first-order valence-electron chi connectivity index (χ1n) is 8.24. The molecule has 0 saturated heterocycles. The number of benzene rings is 2. The third kappa shape index (κ3) is 4.57. The molecule has 0 aliphatic heterocycles. The van der Waals surface area contributed by atoms with Crippen LogP contribution in [0.3, 0.4) is 0 Å². The number of nitrogens with zero attached hydrogens (tertiary/aromatic N) is 1. The van der Waals surface area contributed by atoms with E-state index in [1.807, 2.05) is 0 Å². The Bertz CT molecular complexity index is 1080. The van der Waals surface area contributed by atoms with Gasteiger partial charge in [0.15, 0.2) is 16.8 Å². The van der Waals surface area contributed by atoms with E-state index in [4.69, 9.17) is 26.8 Å². The summed E-state index contributed by atoms with van der Waals surface area (Å²) in [5, 5.41) is 3.81. The maximum Gasteiger partial charge on any atom is 0.222 e. The van der Waals surface area contributed by atoms with Crippen LogP contribution in [0.4, 0.5) is 19.6 Å². The van der Waals surface area contributed by atoms with Gasteiger partial charge in [-0.15, -0.1) is 11.3 Å². The molecule has 1 heterocycles. The van der Waals surface area contributed by atoms with Crippen molar-refractivity contribution in [3.8, 4) is 22.8 Å². The lowest BCUT2D eigenvalue weighted by Gasteiger charge is -2.12. The van der Waals surface area contributed by atoms with Crippen molar-refractivity contribution in [1.29, 1.82) is 0 Å². The number of amides is 1. The Morgan fingerprint density at radius 1 is 1.17 bits per heavy atom. The van der Waals surface area contributed by atoms with E-state index < -0.39 is 17.5 Å². The molecule has 3 rings (SSSR count). The van der Waals surface area contributed by atoms with Gasteiger partial charge in [0.2, 0.25) is 5.91 Å². The summed E-state index contributed by atoms with van der Waals surface area (Å²) in [4.78, 5) is 16.4. The average Bonchev–Trinajstić information content (AvgIpc) is 3.05. The van der Waals surface area contributed by atoms with E-state index >= 15 is 0 Å². The summed E-state index contributed by atoms with van der Waals surface area (Å²) >= 11 is 7.34. The predicted molar refractivity (Wildman–Crippen MR) is 108 cm³/mol. The van der Waals surface area contributed by atoms with Crippen molar-refractivity contribution in [3.63, 3.8) is 0 Å². The Kier molecular flexibility index (Phi) is 6.19. The lowest BCUT2D eigenvalue weighted by atomic mass is 10.1. The van der Waals surface area contributed by atoms with E-state index in [1.54, 1.807) is 12.1 Å². The number of nitrogens with one attached hydrogen (secondary N) is 1. The van der Waals surface area contributed by atoms with E-state index in [-0.39, 0.29) is 6.42 Å². The second-order valence-electron chi connectivity index (χ2n) is 5.87. The Labute approximate surface area is 174 Å². The van der Waals surface area contributed by atoms with Crippen molar-refractivity contribution < 1.29 is 23.0 Å². The second kappa shape index (κ2) is 8.62. The molecule has 152 valence electrons. The SMILES string of the molecule is COc1cc(OC)c(Nc2nc(-c3ccc(F)c(F)c3)c(CC(N)=O)s2)cc1Cl. The molecule has 0 atom stereocenters. The molecule has 0 radical (unpaired) electrons. The maximum atomic E-state index is 13.7. The molecule has 0 unspecified atom stereocenters. The molecule has 10 heteroatoms. The summed E-state index contributed by atoms with van der Waals surface area (Å²) in [6, 6.07) is 6.61. The molecule has 0 aliphatic carbocycles. The molecule has 0 bridgehead atoms. The molecule has 0 aliphatic rings. The number of carbonyl (C=O) groups is 1. The summed E-state index contributed by atoms with van der Waals surface area (Å²) < 4.78 is 37.5. The molecule has 6 nitrogen and oxygen atoms in total. The fraction of sp³-hybridized carbons (Fsp3) is 0.158. The van der Waals surface area contributed by atoms with Gasteiger partial charge in [0.05, 0.1) is 37.0 Å². The van der Waals surface area contributed by atoms with Crippen molar-refractivity contribution in [2.24, 2.45) is 5.73 Å². The number of hydrogen-bond acceptors (Lipinski definition) is 6. The lowest BCUT2D eigenvalue weighted by Crippen LogP contribution is -2.13. The van der Waals surface area contributed by atoms with Gasteiger partial charge in [-0.05, 0) is 24.3 Å². The first kappa shape index (κ1) is 20.8. The number of rotatable bonds is 7. The van der Waals surface area contributed by atoms with Crippen LogP contribution >= 0.6 is 22.9 Å². The van der Waals surface area contributed by atoms with Crippen LogP contribution in [-0.4, -0.2) is 25.1 Å². The number of carbonyl (C=O) groups excluding carboxylic acids is 1. The number of primary amides is 1. The van der Waals surface area contributed by atoms with Crippen LogP contribution in [0.25, 0.3) is 11.3 Å². The highest BCUT2D eigenvalue weighted by molar-refractivity contribution is 7.16. The number of thiazole rings is 1. The van der Waals surface area contributed by atoms with Crippen molar-refractivity contribution in [1.82, 2.24) is 4.98 Å². The molecule has 1 amide bonds. The molecule has 0 fully saturated rings. The van der Waals surface area contributed by atoms with Gasteiger partial charge in [0.1, 0.15) is 11.5 Å². The topological polar surface area (TPSA) is 86.5 Å². The number of aromatic nitrogens is 1. The Balaban J connectivity index is 2.03. The minimum absolute atomic E-state index is 0.103. The standard InChI is InChI=1S/C19H16ClF2N3O3S/c1-27-14-7-15(28-2)13(6-10(14)20)24-19-25-18(16(29-19)8-17(23)26)9-3-4-11(21)12(22)5-9/h3-7H,8H2,1-2H3,(H2,23,26)(H,24,25). The Morgan fingerprint density at radius 2 is 1.90 bits per heavy atom. The fourth-order valence-corrected chi connectivity index (χ4v) is 3.87. The number of methoxy groups -OCH3 is 2. The van der Waals surface area contributed by atoms with Crippen LogP contribution in [0.2, 0.25) is 5.02 Å². The zero-order valence-electron chi connectivity index (χ0n) is 15.4. The highest BCUT2D eigenvalue weighted by Crippen LogP contribution is 2.39. The highest BCUT2D eigenvalue weighted by Gasteiger charge is 2.18. The lowest BCUT2D eigenvalue weighted by molar-refractivity contribution is -0.117. The van der Waals surface area contributed by atoms with Crippen LogP contribution in [-0.2, 0) is 11.2 Å². The van der Waals surface area contributed by atoms with E-state index in [9.17, 15) is 13.6 Å². The summed E-state index contributed by atoms with van der Waals surface area (Å²) in [5.41, 5.74) is 6.48. The van der Waals surface area contributed by atoms with E-state index in [0.717, 1.165) is 23.5 Å². The summed E-state index contributed by atoms with van der Waals surface area (Å²) in [5.74, 6) is -1.68. The van der Waals surface area contributed by atoms with Crippen molar-refractivity contribution in [2.75, 3.05) is 19.5 Å². The van der Waals surface area contributed by atoms with E-state index in [2.05, 4.69) is 10.3 Å². The predicted octanol–water partition coefficient (Wildman–Crippen LogP) is 4.53. The van der Waals surface area contributed by atoms with Crippen LogP contribution in [0.1, 0.15) is 4.88 Å². The van der Waals surface area contributed by atoms with E-state index in [0.29, 0.717) is 43.5 Å². The van der Waals surface area contributed by atoms with Gasteiger partial charge in [-0.2, -0.15) is 0 Å². The van der Waals surface area contributed by atoms with Crippen LogP contribution in [0, 0.1) is 11.6 Å². The van der Waals surface area contributed by atoms with Crippen LogP contribution < -0.4 is 20.5 Å². The second-order valence-corrected chi connectivity index (χ2v) is 7.37. The van der Waals surface area contributed by atoms with Gasteiger partial charge in [0, 0.05) is 16.5 Å². The van der Waals surface area contributed by atoms with Gasteiger partial charge in [-0.3, -0.25) is 4.79 Å². The minimum atomic E-state index is -1.02. The van der Waals surface area contributed by atoms with Crippen molar-refractivity contribution in [3.05, 3.63) is 51.9 Å². The number of ether oxygens (including phenoxy) is 2. The molecule has 0 saturated carbocycles. The Hall–Kier alpha value is -2.91. The number of hydrogen-bond donors (Lipinski definition) is 2. The quantitative estimate of drug-likeness (QED) is 0.564. The maximum absolute atomic E-state index is 13.7. The van der Waals surface area contributed by atoms with Gasteiger partial charge < -0.3 is 20.5 Å².